The van der Waals surface area contributed by atoms with Crippen molar-refractivity contribution in [2.75, 3.05) is 13.1 Å². The van der Waals surface area contributed by atoms with Crippen molar-refractivity contribution in [1.29, 1.82) is 0 Å². The highest BCUT2D eigenvalue weighted by Gasteiger charge is 2.20. The van der Waals surface area contributed by atoms with Gasteiger partial charge in [-0.3, -0.25) is 9.79 Å². The van der Waals surface area contributed by atoms with Gasteiger partial charge in [-0.05, 0) is 88.3 Å². The lowest BCUT2D eigenvalue weighted by atomic mass is 9.96. The number of amides is 1. The minimum absolute atomic E-state index is 0.119. The SMILES string of the molecule is C/C=C(\N=CCC)c1ccnc(Cc2cc(C)c(C)c(/C=C(\C)C(=O)N3CCC/C(=C\C)C3)c2)n1. The van der Waals surface area contributed by atoms with E-state index < -0.39 is 0 Å². The van der Waals surface area contributed by atoms with Crippen molar-refractivity contribution < 1.29 is 4.79 Å². The van der Waals surface area contributed by atoms with E-state index in [1.54, 1.807) is 6.20 Å². The zero-order chi connectivity index (χ0) is 25.4. The Morgan fingerprint density at radius 2 is 2.03 bits per heavy atom. The number of aryl methyl sites for hydroxylation is 1. The second-order valence-electron chi connectivity index (χ2n) is 9.16. The van der Waals surface area contributed by atoms with Gasteiger partial charge in [-0.2, -0.15) is 0 Å². The Morgan fingerprint density at radius 3 is 2.74 bits per heavy atom. The lowest BCUT2D eigenvalue weighted by Crippen LogP contribution is -2.37. The maximum Gasteiger partial charge on any atom is 0.249 e. The van der Waals surface area contributed by atoms with Gasteiger partial charge in [0.2, 0.25) is 5.91 Å². The molecule has 1 aliphatic rings. The van der Waals surface area contributed by atoms with Gasteiger partial charge in [0, 0.05) is 37.5 Å². The fourth-order valence-electron chi connectivity index (χ4n) is 4.36. The minimum Gasteiger partial charge on any atom is -0.335 e. The van der Waals surface area contributed by atoms with Gasteiger partial charge in [0.05, 0.1) is 11.4 Å². The van der Waals surface area contributed by atoms with Crippen LogP contribution in [-0.4, -0.2) is 40.1 Å². The van der Waals surface area contributed by atoms with Crippen molar-refractivity contribution >= 4 is 23.9 Å². The Morgan fingerprint density at radius 1 is 1.23 bits per heavy atom. The van der Waals surface area contributed by atoms with Crippen LogP contribution >= 0.6 is 0 Å². The van der Waals surface area contributed by atoms with Crippen molar-refractivity contribution in [2.45, 2.75) is 67.2 Å². The number of likely N-dealkylation sites (tertiary alicyclic amines) is 1. The van der Waals surface area contributed by atoms with Crippen LogP contribution in [0.5, 0.6) is 0 Å². The van der Waals surface area contributed by atoms with Crippen LogP contribution in [0.1, 0.15) is 80.7 Å². The largest absolute Gasteiger partial charge is 0.335 e. The molecular weight excluding hydrogens is 432 g/mol. The van der Waals surface area contributed by atoms with Gasteiger partial charge in [0.25, 0.3) is 0 Å². The summed E-state index contributed by atoms with van der Waals surface area (Å²) in [6.45, 7) is 13.8. The molecular formula is C30H38N4O. The van der Waals surface area contributed by atoms with Crippen LogP contribution in [0, 0.1) is 13.8 Å². The van der Waals surface area contributed by atoms with Crippen LogP contribution in [0.4, 0.5) is 0 Å². The van der Waals surface area contributed by atoms with Gasteiger partial charge in [-0.15, -0.1) is 0 Å². The second-order valence-corrected chi connectivity index (χ2v) is 9.16. The molecule has 3 rings (SSSR count). The van der Waals surface area contributed by atoms with Crippen LogP contribution in [0.25, 0.3) is 11.8 Å². The second kappa shape index (κ2) is 12.4. The summed E-state index contributed by atoms with van der Waals surface area (Å²) >= 11 is 0. The monoisotopic (exact) mass is 470 g/mol. The summed E-state index contributed by atoms with van der Waals surface area (Å²) in [5.41, 5.74) is 8.38. The first-order valence-corrected chi connectivity index (χ1v) is 12.6. The fraction of sp³-hybridized carbons (Fsp3) is 0.400. The Hall–Kier alpha value is -3.34. The maximum absolute atomic E-state index is 13.1. The quantitative estimate of drug-likeness (QED) is 0.264. The molecule has 35 heavy (non-hydrogen) atoms. The smallest absolute Gasteiger partial charge is 0.249 e. The lowest BCUT2D eigenvalue weighted by Gasteiger charge is -2.29. The van der Waals surface area contributed by atoms with E-state index in [0.29, 0.717) is 6.42 Å². The average molecular weight is 471 g/mol. The molecule has 2 aromatic rings. The number of carbonyl (C=O) groups is 1. The highest BCUT2D eigenvalue weighted by atomic mass is 16.2. The number of piperidine rings is 1. The molecule has 2 heterocycles. The number of benzene rings is 1. The first kappa shape index (κ1) is 26.3. The maximum atomic E-state index is 13.1. The highest BCUT2D eigenvalue weighted by molar-refractivity contribution is 5.97. The van der Waals surface area contributed by atoms with Gasteiger partial charge in [0.1, 0.15) is 5.82 Å². The molecule has 0 aliphatic carbocycles. The Labute approximate surface area is 210 Å². The number of aromatic nitrogens is 2. The summed E-state index contributed by atoms with van der Waals surface area (Å²) in [4.78, 5) is 28.9. The van der Waals surface area contributed by atoms with E-state index in [1.165, 1.54) is 16.7 Å². The van der Waals surface area contributed by atoms with E-state index in [1.807, 2.05) is 43.2 Å². The van der Waals surface area contributed by atoms with Gasteiger partial charge >= 0.3 is 0 Å². The van der Waals surface area contributed by atoms with Crippen LogP contribution in [-0.2, 0) is 11.2 Å². The zero-order valence-electron chi connectivity index (χ0n) is 22.1. The standard InChI is InChI=1S/C30H38N4O/c1-7-13-31-27(9-3)28-12-14-32-29(33-28)19-25-16-21(4)23(6)26(18-25)17-22(5)30(35)34-15-10-11-24(8-2)20-34/h8-9,12-14,16-18H,7,10-11,15,19-20H2,1-6H3/b22-17+,24-8+,27-9-,31-13?. The lowest BCUT2D eigenvalue weighted by molar-refractivity contribution is -0.127. The molecule has 5 heteroatoms. The third kappa shape index (κ3) is 6.84. The van der Waals surface area contributed by atoms with Gasteiger partial charge in [-0.1, -0.05) is 36.8 Å². The molecule has 1 amide bonds. The molecule has 1 aromatic heterocycles. The van der Waals surface area contributed by atoms with E-state index in [-0.39, 0.29) is 5.91 Å². The van der Waals surface area contributed by atoms with E-state index in [9.17, 15) is 4.79 Å². The van der Waals surface area contributed by atoms with Crippen LogP contribution < -0.4 is 0 Å². The van der Waals surface area contributed by atoms with Crippen molar-refractivity contribution in [3.63, 3.8) is 0 Å². The van der Waals surface area contributed by atoms with E-state index in [0.717, 1.165) is 66.3 Å². The van der Waals surface area contributed by atoms with Gasteiger partial charge in [-0.25, -0.2) is 9.97 Å². The van der Waals surface area contributed by atoms with Crippen molar-refractivity contribution in [1.82, 2.24) is 14.9 Å². The molecule has 0 N–H and O–H groups in total. The molecule has 0 spiro atoms. The molecule has 1 aliphatic heterocycles. The average Bonchev–Trinajstić information content (AvgIpc) is 2.87. The van der Waals surface area contributed by atoms with Crippen LogP contribution in [0.3, 0.4) is 0 Å². The predicted molar refractivity (Wildman–Crippen MR) is 146 cm³/mol. The molecule has 184 valence electrons. The Kier molecular flexibility index (Phi) is 9.30. The number of allylic oxidation sites excluding steroid dienone is 2. The summed E-state index contributed by atoms with van der Waals surface area (Å²) in [6, 6.07) is 6.25. The summed E-state index contributed by atoms with van der Waals surface area (Å²) < 4.78 is 0. The predicted octanol–water partition coefficient (Wildman–Crippen LogP) is 6.50. The molecule has 1 aromatic carbocycles. The number of hydrogen-bond donors (Lipinski definition) is 0. The minimum atomic E-state index is 0.119. The molecule has 1 fully saturated rings. The normalized spacial score (nSPS) is 16.4. The Bertz CT molecular complexity index is 1190. The van der Waals surface area contributed by atoms with E-state index >= 15 is 0 Å². The summed E-state index contributed by atoms with van der Waals surface area (Å²) in [6.07, 6.45) is 13.5. The molecule has 0 atom stereocenters. The van der Waals surface area contributed by atoms with E-state index in [4.69, 9.17) is 4.98 Å². The van der Waals surface area contributed by atoms with Crippen LogP contribution in [0.2, 0.25) is 0 Å². The third-order valence-electron chi connectivity index (χ3n) is 6.51. The number of rotatable bonds is 7. The van der Waals surface area contributed by atoms with Crippen molar-refractivity contribution in [2.24, 2.45) is 4.99 Å². The molecule has 5 nitrogen and oxygen atoms in total. The summed E-state index contributed by atoms with van der Waals surface area (Å²) in [5.74, 6) is 0.876. The number of nitrogens with zero attached hydrogens (tertiary/aromatic N) is 4. The van der Waals surface area contributed by atoms with Crippen molar-refractivity contribution in [3.05, 3.63) is 81.5 Å². The number of aliphatic imine (C=N–C) groups is 1. The highest BCUT2D eigenvalue weighted by Crippen LogP contribution is 2.23. The van der Waals surface area contributed by atoms with Gasteiger partial charge in [0.15, 0.2) is 0 Å². The van der Waals surface area contributed by atoms with E-state index in [2.05, 4.69) is 55.9 Å². The molecule has 0 radical (unpaired) electrons. The third-order valence-corrected chi connectivity index (χ3v) is 6.51. The zero-order valence-corrected chi connectivity index (χ0v) is 22.1. The topological polar surface area (TPSA) is 58.5 Å². The first-order valence-electron chi connectivity index (χ1n) is 12.6. The summed E-state index contributed by atoms with van der Waals surface area (Å²) in [7, 11) is 0. The van der Waals surface area contributed by atoms with Gasteiger partial charge < -0.3 is 4.90 Å². The molecule has 0 saturated carbocycles. The van der Waals surface area contributed by atoms with Crippen LogP contribution in [0.15, 0.2) is 52.7 Å². The molecule has 1 saturated heterocycles. The first-order chi connectivity index (χ1) is 16.9. The number of hydrogen-bond acceptors (Lipinski definition) is 4. The number of carbonyl (C=O) groups excluding carboxylic acids is 1. The molecule has 0 unspecified atom stereocenters. The fourth-order valence-corrected chi connectivity index (χ4v) is 4.36. The van der Waals surface area contributed by atoms with Crippen molar-refractivity contribution in [3.8, 4) is 0 Å². The summed E-state index contributed by atoms with van der Waals surface area (Å²) in [5, 5.41) is 0. The Balaban J connectivity index is 1.85. The molecule has 0 bridgehead atoms.